The van der Waals surface area contributed by atoms with Crippen LogP contribution in [0.15, 0.2) is 48.5 Å². The molecule has 0 radical (unpaired) electrons. The van der Waals surface area contributed by atoms with Crippen LogP contribution < -0.4 is 0 Å². The molecule has 0 N–H and O–H groups in total. The molecule has 3 nitrogen and oxygen atoms in total. The normalized spacial score (nSPS) is 12.5. The van der Waals surface area contributed by atoms with Gasteiger partial charge in [0.2, 0.25) is 0 Å². The monoisotopic (exact) mass is 439 g/mol. The van der Waals surface area contributed by atoms with E-state index in [1.54, 1.807) is 24.3 Å². The zero-order valence-corrected chi connectivity index (χ0v) is 18.3. The lowest BCUT2D eigenvalue weighted by molar-refractivity contribution is -0.138. The highest BCUT2D eigenvalue weighted by Crippen LogP contribution is 2.29. The summed E-state index contributed by atoms with van der Waals surface area (Å²) in [6.45, 7) is 1.25. The zero-order valence-electron chi connectivity index (χ0n) is 16.0. The molecule has 2 aromatic rings. The van der Waals surface area contributed by atoms with Crippen molar-refractivity contribution < 1.29 is 9.53 Å². The average molecular weight is 441 g/mol. The molecule has 150 valence electrons. The maximum absolute atomic E-state index is 12.1. The fourth-order valence-electron chi connectivity index (χ4n) is 2.74. The predicted molar refractivity (Wildman–Crippen MR) is 118 cm³/mol. The summed E-state index contributed by atoms with van der Waals surface area (Å²) in [5, 5.41) is 1.67. The van der Waals surface area contributed by atoms with Crippen LogP contribution in [0.3, 0.4) is 0 Å². The number of ether oxygens (including phenoxy) is 1. The first-order valence-corrected chi connectivity index (χ1v) is 10.2. The molecule has 2 rings (SSSR count). The summed E-state index contributed by atoms with van der Waals surface area (Å²) in [5.74, 6) is -0.324. The van der Waals surface area contributed by atoms with Crippen molar-refractivity contribution in [3.8, 4) is 0 Å². The quantitative estimate of drug-likeness (QED) is 0.337. The molecular formula is C22H24Cl3NO2. The Labute approximate surface area is 181 Å². The molecule has 0 aliphatic rings. The molecule has 0 aliphatic heterocycles. The summed E-state index contributed by atoms with van der Waals surface area (Å²) in [6.07, 6.45) is 4.99. The van der Waals surface area contributed by atoms with E-state index in [2.05, 4.69) is 4.90 Å². The van der Waals surface area contributed by atoms with Crippen LogP contribution in [-0.4, -0.2) is 38.1 Å². The highest BCUT2D eigenvalue weighted by molar-refractivity contribution is 6.42. The number of hydrogen-bond donors (Lipinski definition) is 0. The predicted octanol–water partition coefficient (Wildman–Crippen LogP) is 6.33. The Balaban J connectivity index is 1.99. The van der Waals surface area contributed by atoms with Crippen LogP contribution in [-0.2, 0) is 9.53 Å². The largest absolute Gasteiger partial charge is 0.462 e. The van der Waals surface area contributed by atoms with E-state index < -0.39 is 0 Å². The second-order valence-corrected chi connectivity index (χ2v) is 8.08. The molecule has 0 aliphatic carbocycles. The fraction of sp³-hybridized carbons (Fsp3) is 0.318. The number of esters is 1. The number of carbonyl (C=O) groups excluding carboxylic acids is 1. The Morgan fingerprint density at radius 1 is 1.07 bits per heavy atom. The van der Waals surface area contributed by atoms with Crippen LogP contribution in [0, 0.1) is 0 Å². The van der Waals surface area contributed by atoms with Crippen LogP contribution in [0.5, 0.6) is 0 Å². The molecule has 2 aromatic carbocycles. The maximum Gasteiger partial charge on any atom is 0.330 e. The fourth-order valence-corrected chi connectivity index (χ4v) is 3.17. The first-order chi connectivity index (χ1) is 13.3. The van der Waals surface area contributed by atoms with E-state index in [0.717, 1.165) is 30.5 Å². The van der Waals surface area contributed by atoms with Crippen LogP contribution >= 0.6 is 34.8 Å². The molecular weight excluding hydrogens is 417 g/mol. The SMILES string of the molecule is CN(C)CCCC(COC(=O)/C=C/c1ccc(Cl)cc1)c1ccc(Cl)c(Cl)c1. The van der Waals surface area contributed by atoms with E-state index in [9.17, 15) is 4.79 Å². The molecule has 1 unspecified atom stereocenters. The minimum absolute atomic E-state index is 0.0580. The van der Waals surface area contributed by atoms with Crippen LogP contribution in [0.25, 0.3) is 6.08 Å². The van der Waals surface area contributed by atoms with Gasteiger partial charge >= 0.3 is 5.97 Å². The summed E-state index contributed by atoms with van der Waals surface area (Å²) in [7, 11) is 4.07. The van der Waals surface area contributed by atoms with E-state index >= 15 is 0 Å². The summed E-state index contributed by atoms with van der Waals surface area (Å²) in [4.78, 5) is 14.3. The lowest BCUT2D eigenvalue weighted by atomic mass is 9.95. The minimum atomic E-state index is -0.382. The second kappa shape index (κ2) is 11.5. The highest BCUT2D eigenvalue weighted by Gasteiger charge is 2.15. The average Bonchev–Trinajstić information content (AvgIpc) is 2.66. The van der Waals surface area contributed by atoms with Gasteiger partial charge in [0.15, 0.2) is 0 Å². The van der Waals surface area contributed by atoms with E-state index in [4.69, 9.17) is 39.5 Å². The van der Waals surface area contributed by atoms with Crippen molar-refractivity contribution in [3.05, 3.63) is 74.7 Å². The molecule has 28 heavy (non-hydrogen) atoms. The first-order valence-electron chi connectivity index (χ1n) is 9.05. The number of halogens is 3. The lowest BCUT2D eigenvalue weighted by Gasteiger charge is -2.19. The highest BCUT2D eigenvalue weighted by atomic mass is 35.5. The number of hydrogen-bond acceptors (Lipinski definition) is 3. The molecule has 0 bridgehead atoms. The van der Waals surface area contributed by atoms with E-state index in [1.165, 1.54) is 6.08 Å². The van der Waals surface area contributed by atoms with Crippen molar-refractivity contribution in [3.63, 3.8) is 0 Å². The third-order valence-electron chi connectivity index (χ3n) is 4.28. The van der Waals surface area contributed by atoms with Crippen LogP contribution in [0.4, 0.5) is 0 Å². The summed E-state index contributed by atoms with van der Waals surface area (Å²) in [5.41, 5.74) is 1.90. The zero-order chi connectivity index (χ0) is 20.5. The Kier molecular flexibility index (Phi) is 9.33. The topological polar surface area (TPSA) is 29.5 Å². The van der Waals surface area contributed by atoms with Gasteiger partial charge in [-0.15, -0.1) is 0 Å². The number of benzene rings is 2. The van der Waals surface area contributed by atoms with Gasteiger partial charge in [-0.3, -0.25) is 0 Å². The van der Waals surface area contributed by atoms with Crippen molar-refractivity contribution >= 4 is 46.8 Å². The van der Waals surface area contributed by atoms with Gasteiger partial charge in [-0.2, -0.15) is 0 Å². The molecule has 1 atom stereocenters. The van der Waals surface area contributed by atoms with Crippen molar-refractivity contribution in [2.45, 2.75) is 18.8 Å². The van der Waals surface area contributed by atoms with Gasteiger partial charge in [0.1, 0.15) is 0 Å². The number of carbonyl (C=O) groups is 1. The van der Waals surface area contributed by atoms with E-state index in [-0.39, 0.29) is 18.5 Å². The number of rotatable bonds is 9. The Morgan fingerprint density at radius 2 is 1.79 bits per heavy atom. The van der Waals surface area contributed by atoms with Gasteiger partial charge in [-0.25, -0.2) is 4.79 Å². The third kappa shape index (κ3) is 7.84. The Morgan fingerprint density at radius 3 is 2.43 bits per heavy atom. The Hall–Kier alpha value is -1.52. The van der Waals surface area contributed by atoms with Gasteiger partial charge in [0.05, 0.1) is 16.7 Å². The maximum atomic E-state index is 12.1. The standard InChI is InChI=1S/C22H24Cl3NO2/c1-26(2)13-3-4-18(17-8-11-20(24)21(25)14-17)15-28-22(27)12-7-16-5-9-19(23)10-6-16/h5-12,14,18H,3-4,13,15H2,1-2H3/b12-7+. The molecule has 0 amide bonds. The lowest BCUT2D eigenvalue weighted by Crippen LogP contribution is -2.16. The van der Waals surface area contributed by atoms with Crippen molar-refractivity contribution in [1.29, 1.82) is 0 Å². The van der Waals surface area contributed by atoms with Crippen molar-refractivity contribution in [2.75, 3.05) is 27.2 Å². The van der Waals surface area contributed by atoms with Gasteiger partial charge in [0, 0.05) is 17.0 Å². The molecule has 0 saturated carbocycles. The summed E-state index contributed by atoms with van der Waals surface area (Å²) in [6, 6.07) is 12.8. The van der Waals surface area contributed by atoms with Gasteiger partial charge < -0.3 is 9.64 Å². The molecule has 0 heterocycles. The van der Waals surface area contributed by atoms with Crippen LogP contribution in [0.1, 0.15) is 29.9 Å². The molecule has 6 heteroatoms. The first kappa shape index (κ1) is 22.8. The van der Waals surface area contributed by atoms with E-state index in [0.29, 0.717) is 15.1 Å². The molecule has 0 spiro atoms. The van der Waals surface area contributed by atoms with Crippen molar-refractivity contribution in [1.82, 2.24) is 4.90 Å². The molecule has 0 aromatic heterocycles. The van der Waals surface area contributed by atoms with Crippen LogP contribution in [0.2, 0.25) is 15.1 Å². The smallest absolute Gasteiger partial charge is 0.330 e. The molecule has 0 fully saturated rings. The number of nitrogens with zero attached hydrogens (tertiary/aromatic N) is 1. The summed E-state index contributed by atoms with van der Waals surface area (Å²) < 4.78 is 5.49. The van der Waals surface area contributed by atoms with E-state index in [1.807, 2.05) is 38.4 Å². The van der Waals surface area contributed by atoms with Gasteiger partial charge in [-0.1, -0.05) is 53.0 Å². The minimum Gasteiger partial charge on any atom is -0.462 e. The summed E-state index contributed by atoms with van der Waals surface area (Å²) >= 11 is 18.1. The third-order valence-corrected chi connectivity index (χ3v) is 5.27. The van der Waals surface area contributed by atoms with Crippen molar-refractivity contribution in [2.24, 2.45) is 0 Å². The molecule has 0 saturated heterocycles. The Bertz CT molecular complexity index is 804. The second-order valence-electron chi connectivity index (χ2n) is 6.83. The van der Waals surface area contributed by atoms with Gasteiger partial charge in [-0.05, 0) is 75.0 Å². The van der Waals surface area contributed by atoms with Gasteiger partial charge in [0.25, 0.3) is 0 Å².